The van der Waals surface area contributed by atoms with Crippen molar-refractivity contribution in [2.24, 2.45) is 5.73 Å². The van der Waals surface area contributed by atoms with Gasteiger partial charge in [-0.2, -0.15) is 0 Å². The molecule has 1 aromatic heterocycles. The van der Waals surface area contributed by atoms with E-state index in [1.165, 1.54) is 0 Å². The molecule has 0 amide bonds. The Bertz CT molecular complexity index is 689. The standard InChI is InChI=1S/C16H16N4/c1-12-18-19-16(15(17)13-8-4-2-5-9-13)20(12)14-10-6-3-7-11-14/h2-11,15H,17H2,1H3/t15-/m1/s1. The molecule has 20 heavy (non-hydrogen) atoms. The Balaban J connectivity index is 2.08. The average molecular weight is 264 g/mol. The van der Waals surface area contributed by atoms with Crippen LogP contribution in [-0.2, 0) is 0 Å². The number of hydrogen-bond acceptors (Lipinski definition) is 3. The number of benzene rings is 2. The van der Waals surface area contributed by atoms with Crippen LogP contribution in [0.25, 0.3) is 5.69 Å². The van der Waals surface area contributed by atoms with Crippen molar-refractivity contribution >= 4 is 0 Å². The number of para-hydroxylation sites is 1. The number of rotatable bonds is 3. The molecule has 4 nitrogen and oxygen atoms in total. The predicted octanol–water partition coefficient (Wildman–Crippen LogP) is 2.62. The van der Waals surface area contributed by atoms with E-state index < -0.39 is 0 Å². The van der Waals surface area contributed by atoms with Crippen molar-refractivity contribution in [3.05, 3.63) is 77.9 Å². The number of nitrogens with zero attached hydrogens (tertiary/aromatic N) is 3. The Morgan fingerprint density at radius 2 is 1.50 bits per heavy atom. The van der Waals surface area contributed by atoms with Gasteiger partial charge in [-0.15, -0.1) is 10.2 Å². The van der Waals surface area contributed by atoms with Gasteiger partial charge in [0.15, 0.2) is 5.82 Å². The molecule has 0 aliphatic rings. The van der Waals surface area contributed by atoms with Crippen LogP contribution in [0.15, 0.2) is 60.7 Å². The van der Waals surface area contributed by atoms with Crippen LogP contribution in [0, 0.1) is 6.92 Å². The second-order valence-corrected chi connectivity index (χ2v) is 4.66. The lowest BCUT2D eigenvalue weighted by Crippen LogP contribution is -2.17. The lowest BCUT2D eigenvalue weighted by molar-refractivity contribution is 0.748. The summed E-state index contributed by atoms with van der Waals surface area (Å²) in [4.78, 5) is 0. The first-order chi connectivity index (χ1) is 9.77. The summed E-state index contributed by atoms with van der Waals surface area (Å²) >= 11 is 0. The van der Waals surface area contributed by atoms with Crippen molar-refractivity contribution in [3.63, 3.8) is 0 Å². The van der Waals surface area contributed by atoms with Gasteiger partial charge in [0.1, 0.15) is 5.82 Å². The predicted molar refractivity (Wildman–Crippen MR) is 78.6 cm³/mol. The van der Waals surface area contributed by atoms with Gasteiger partial charge in [-0.1, -0.05) is 48.5 Å². The van der Waals surface area contributed by atoms with Gasteiger partial charge in [0.25, 0.3) is 0 Å². The second kappa shape index (κ2) is 5.27. The Kier molecular flexibility index (Phi) is 3.31. The molecule has 0 fully saturated rings. The molecule has 0 aliphatic heterocycles. The first-order valence-electron chi connectivity index (χ1n) is 6.55. The summed E-state index contributed by atoms with van der Waals surface area (Å²) < 4.78 is 2.00. The topological polar surface area (TPSA) is 56.7 Å². The van der Waals surface area contributed by atoms with E-state index in [9.17, 15) is 0 Å². The third-order valence-corrected chi connectivity index (χ3v) is 3.30. The molecule has 3 rings (SSSR count). The van der Waals surface area contributed by atoms with E-state index in [1.807, 2.05) is 72.2 Å². The fraction of sp³-hybridized carbons (Fsp3) is 0.125. The summed E-state index contributed by atoms with van der Waals surface area (Å²) in [6.45, 7) is 1.93. The number of aryl methyl sites for hydroxylation is 1. The minimum atomic E-state index is -0.294. The molecule has 1 heterocycles. The number of aromatic nitrogens is 3. The molecule has 0 aliphatic carbocycles. The van der Waals surface area contributed by atoms with E-state index in [2.05, 4.69) is 10.2 Å². The molecule has 0 spiro atoms. The van der Waals surface area contributed by atoms with Gasteiger partial charge in [-0.05, 0) is 24.6 Å². The Morgan fingerprint density at radius 3 is 2.15 bits per heavy atom. The summed E-state index contributed by atoms with van der Waals surface area (Å²) in [5, 5.41) is 8.43. The highest BCUT2D eigenvalue weighted by molar-refractivity contribution is 5.36. The molecule has 0 saturated heterocycles. The fourth-order valence-electron chi connectivity index (χ4n) is 2.29. The molecule has 0 unspecified atom stereocenters. The van der Waals surface area contributed by atoms with Crippen LogP contribution in [0.2, 0.25) is 0 Å². The van der Waals surface area contributed by atoms with Gasteiger partial charge in [-0.25, -0.2) is 0 Å². The molecular formula is C16H16N4. The minimum Gasteiger partial charge on any atom is -0.318 e. The van der Waals surface area contributed by atoms with E-state index in [1.54, 1.807) is 0 Å². The first-order valence-corrected chi connectivity index (χ1v) is 6.55. The quantitative estimate of drug-likeness (QED) is 0.791. The van der Waals surface area contributed by atoms with Crippen LogP contribution in [0.5, 0.6) is 0 Å². The summed E-state index contributed by atoms with van der Waals surface area (Å²) in [6, 6.07) is 19.7. The Labute approximate surface area is 117 Å². The monoisotopic (exact) mass is 264 g/mol. The van der Waals surface area contributed by atoms with Crippen molar-refractivity contribution < 1.29 is 0 Å². The number of hydrogen-bond donors (Lipinski definition) is 1. The summed E-state index contributed by atoms with van der Waals surface area (Å²) in [5.74, 6) is 1.58. The third-order valence-electron chi connectivity index (χ3n) is 3.30. The van der Waals surface area contributed by atoms with Crippen LogP contribution >= 0.6 is 0 Å². The van der Waals surface area contributed by atoms with E-state index in [-0.39, 0.29) is 6.04 Å². The minimum absolute atomic E-state index is 0.294. The van der Waals surface area contributed by atoms with Gasteiger partial charge in [0.05, 0.1) is 6.04 Å². The highest BCUT2D eigenvalue weighted by Gasteiger charge is 2.18. The van der Waals surface area contributed by atoms with E-state index in [0.29, 0.717) is 0 Å². The molecular weight excluding hydrogens is 248 g/mol. The van der Waals surface area contributed by atoms with Gasteiger partial charge in [0.2, 0.25) is 0 Å². The fourth-order valence-corrected chi connectivity index (χ4v) is 2.29. The van der Waals surface area contributed by atoms with E-state index in [4.69, 9.17) is 5.73 Å². The van der Waals surface area contributed by atoms with Crippen molar-refractivity contribution in [3.8, 4) is 5.69 Å². The summed E-state index contributed by atoms with van der Waals surface area (Å²) in [7, 11) is 0. The maximum absolute atomic E-state index is 6.34. The highest BCUT2D eigenvalue weighted by Crippen LogP contribution is 2.21. The highest BCUT2D eigenvalue weighted by atomic mass is 15.3. The van der Waals surface area contributed by atoms with Gasteiger partial charge in [0, 0.05) is 5.69 Å². The van der Waals surface area contributed by atoms with Crippen LogP contribution in [0.1, 0.15) is 23.3 Å². The third kappa shape index (κ3) is 2.21. The van der Waals surface area contributed by atoms with Gasteiger partial charge < -0.3 is 5.73 Å². The second-order valence-electron chi connectivity index (χ2n) is 4.66. The SMILES string of the molecule is Cc1nnc([C@H](N)c2ccccc2)n1-c1ccccc1. The van der Waals surface area contributed by atoms with Crippen molar-refractivity contribution in [1.82, 2.24) is 14.8 Å². The van der Waals surface area contributed by atoms with E-state index >= 15 is 0 Å². The van der Waals surface area contributed by atoms with Crippen molar-refractivity contribution in [2.75, 3.05) is 0 Å². The molecule has 2 N–H and O–H groups in total. The summed E-state index contributed by atoms with van der Waals surface area (Å²) in [5.41, 5.74) is 8.39. The van der Waals surface area contributed by atoms with Crippen molar-refractivity contribution in [2.45, 2.75) is 13.0 Å². The Hall–Kier alpha value is -2.46. The van der Waals surface area contributed by atoms with E-state index in [0.717, 1.165) is 22.9 Å². The molecule has 4 heteroatoms. The summed E-state index contributed by atoms with van der Waals surface area (Å²) in [6.07, 6.45) is 0. The smallest absolute Gasteiger partial charge is 0.159 e. The van der Waals surface area contributed by atoms with Gasteiger partial charge in [-0.3, -0.25) is 4.57 Å². The lowest BCUT2D eigenvalue weighted by Gasteiger charge is -2.14. The zero-order valence-corrected chi connectivity index (χ0v) is 11.3. The zero-order chi connectivity index (χ0) is 13.9. The van der Waals surface area contributed by atoms with Crippen LogP contribution in [0.3, 0.4) is 0 Å². The average Bonchev–Trinajstić information content (AvgIpc) is 2.90. The molecule has 100 valence electrons. The molecule has 1 atom stereocenters. The first kappa shape index (κ1) is 12.6. The normalized spacial score (nSPS) is 12.3. The molecule has 0 bridgehead atoms. The lowest BCUT2D eigenvalue weighted by atomic mass is 10.1. The number of nitrogens with two attached hydrogens (primary N) is 1. The van der Waals surface area contributed by atoms with Crippen molar-refractivity contribution in [1.29, 1.82) is 0 Å². The molecule has 2 aromatic carbocycles. The van der Waals surface area contributed by atoms with Crippen LogP contribution in [-0.4, -0.2) is 14.8 Å². The molecule has 3 aromatic rings. The Morgan fingerprint density at radius 1 is 0.900 bits per heavy atom. The molecule has 0 radical (unpaired) electrons. The molecule has 0 saturated carbocycles. The zero-order valence-electron chi connectivity index (χ0n) is 11.3. The largest absolute Gasteiger partial charge is 0.318 e. The van der Waals surface area contributed by atoms with Gasteiger partial charge >= 0.3 is 0 Å². The maximum Gasteiger partial charge on any atom is 0.159 e. The van der Waals surface area contributed by atoms with Crippen LogP contribution in [0.4, 0.5) is 0 Å². The van der Waals surface area contributed by atoms with Crippen LogP contribution < -0.4 is 5.73 Å². The maximum atomic E-state index is 6.34.